The molecular formula is C17H11F3O. The van der Waals surface area contributed by atoms with E-state index >= 15 is 0 Å². The lowest BCUT2D eigenvalue weighted by Gasteiger charge is -2.10. The standard InChI is InChI=1S/C17H11F3O/c18-17(19,20)13-6-4-11(5-7-13)15-3-1-2-12-10-14(21)8-9-16(12)15/h1-10,21H. The summed E-state index contributed by atoms with van der Waals surface area (Å²) in [5.74, 6) is 0.159. The van der Waals surface area contributed by atoms with E-state index in [1.54, 1.807) is 18.2 Å². The molecule has 3 aromatic carbocycles. The Balaban J connectivity index is 2.12. The van der Waals surface area contributed by atoms with E-state index in [0.29, 0.717) is 5.56 Å². The van der Waals surface area contributed by atoms with Crippen LogP contribution in [0.5, 0.6) is 5.75 Å². The highest BCUT2D eigenvalue weighted by Gasteiger charge is 2.29. The van der Waals surface area contributed by atoms with Gasteiger partial charge in [0.25, 0.3) is 0 Å². The van der Waals surface area contributed by atoms with Crippen LogP contribution in [-0.2, 0) is 6.18 Å². The minimum Gasteiger partial charge on any atom is -0.508 e. The minimum atomic E-state index is -4.33. The van der Waals surface area contributed by atoms with Crippen LogP contribution in [0.3, 0.4) is 0 Å². The summed E-state index contributed by atoms with van der Waals surface area (Å²) in [5.41, 5.74) is 0.879. The third kappa shape index (κ3) is 2.57. The first kappa shape index (κ1) is 13.5. The van der Waals surface area contributed by atoms with Crippen molar-refractivity contribution < 1.29 is 18.3 Å². The molecule has 0 aliphatic heterocycles. The van der Waals surface area contributed by atoms with Gasteiger partial charge in [0.05, 0.1) is 5.56 Å². The summed E-state index contributed by atoms with van der Waals surface area (Å²) in [6, 6.07) is 15.5. The average molecular weight is 288 g/mol. The largest absolute Gasteiger partial charge is 0.508 e. The Morgan fingerprint density at radius 2 is 1.52 bits per heavy atom. The van der Waals surface area contributed by atoms with Crippen molar-refractivity contribution in [3.8, 4) is 16.9 Å². The molecule has 0 saturated carbocycles. The van der Waals surface area contributed by atoms with Gasteiger partial charge in [0.2, 0.25) is 0 Å². The molecule has 106 valence electrons. The molecule has 0 unspecified atom stereocenters. The molecule has 0 atom stereocenters. The lowest BCUT2D eigenvalue weighted by atomic mass is 9.97. The number of aromatic hydroxyl groups is 1. The highest BCUT2D eigenvalue weighted by Crippen LogP contribution is 2.34. The Morgan fingerprint density at radius 1 is 0.810 bits per heavy atom. The number of halogens is 3. The van der Waals surface area contributed by atoms with Crippen LogP contribution in [0.25, 0.3) is 21.9 Å². The van der Waals surface area contributed by atoms with Crippen molar-refractivity contribution in [2.24, 2.45) is 0 Å². The molecule has 0 bridgehead atoms. The van der Waals surface area contributed by atoms with Gasteiger partial charge in [-0.3, -0.25) is 0 Å². The van der Waals surface area contributed by atoms with E-state index in [9.17, 15) is 18.3 Å². The van der Waals surface area contributed by atoms with Crippen LogP contribution in [-0.4, -0.2) is 5.11 Å². The fraction of sp³-hybridized carbons (Fsp3) is 0.0588. The van der Waals surface area contributed by atoms with Gasteiger partial charge in [-0.05, 0) is 46.2 Å². The Bertz CT molecular complexity index is 789. The quantitative estimate of drug-likeness (QED) is 0.650. The number of rotatable bonds is 1. The van der Waals surface area contributed by atoms with Gasteiger partial charge in [-0.25, -0.2) is 0 Å². The van der Waals surface area contributed by atoms with E-state index in [-0.39, 0.29) is 5.75 Å². The molecule has 0 heterocycles. The van der Waals surface area contributed by atoms with Crippen molar-refractivity contribution in [3.63, 3.8) is 0 Å². The molecule has 0 aliphatic rings. The molecule has 0 aromatic heterocycles. The van der Waals surface area contributed by atoms with Crippen molar-refractivity contribution in [1.82, 2.24) is 0 Å². The maximum absolute atomic E-state index is 12.6. The molecule has 0 spiro atoms. The van der Waals surface area contributed by atoms with Crippen molar-refractivity contribution >= 4 is 10.8 Å². The molecule has 0 saturated heterocycles. The van der Waals surface area contributed by atoms with Crippen molar-refractivity contribution in [2.45, 2.75) is 6.18 Å². The summed E-state index contributed by atoms with van der Waals surface area (Å²) >= 11 is 0. The second-order valence-electron chi connectivity index (χ2n) is 4.79. The molecule has 1 N–H and O–H groups in total. The first-order valence-electron chi connectivity index (χ1n) is 6.34. The maximum Gasteiger partial charge on any atom is 0.416 e. The minimum absolute atomic E-state index is 0.159. The first-order valence-corrected chi connectivity index (χ1v) is 6.34. The van der Waals surface area contributed by atoms with Crippen LogP contribution in [0.2, 0.25) is 0 Å². The molecule has 3 aromatic rings. The molecule has 1 nitrogen and oxygen atoms in total. The molecule has 0 fully saturated rings. The third-order valence-electron chi connectivity index (χ3n) is 3.39. The predicted molar refractivity (Wildman–Crippen MR) is 76.1 cm³/mol. The molecular weight excluding hydrogens is 277 g/mol. The SMILES string of the molecule is Oc1ccc2c(-c3ccc(C(F)(F)F)cc3)cccc2c1. The molecule has 0 radical (unpaired) electrons. The number of benzene rings is 3. The van der Waals surface area contributed by atoms with Gasteiger partial charge in [0.15, 0.2) is 0 Å². The van der Waals surface area contributed by atoms with Gasteiger partial charge < -0.3 is 5.11 Å². The highest BCUT2D eigenvalue weighted by molar-refractivity contribution is 5.97. The Morgan fingerprint density at radius 3 is 2.19 bits per heavy atom. The second kappa shape index (κ2) is 4.81. The number of hydrogen-bond acceptors (Lipinski definition) is 1. The Labute approximate surface area is 119 Å². The summed E-state index contributed by atoms with van der Waals surface area (Å²) in [4.78, 5) is 0. The predicted octanol–water partition coefficient (Wildman–Crippen LogP) is 5.23. The van der Waals surface area contributed by atoms with Crippen LogP contribution < -0.4 is 0 Å². The number of phenols is 1. The second-order valence-corrected chi connectivity index (χ2v) is 4.79. The molecule has 21 heavy (non-hydrogen) atoms. The van der Waals surface area contributed by atoms with Crippen LogP contribution in [0.4, 0.5) is 13.2 Å². The number of alkyl halides is 3. The summed E-state index contributed by atoms with van der Waals surface area (Å²) in [7, 11) is 0. The highest BCUT2D eigenvalue weighted by atomic mass is 19.4. The zero-order chi connectivity index (χ0) is 15.0. The van der Waals surface area contributed by atoms with Crippen LogP contribution in [0, 0.1) is 0 Å². The molecule has 0 amide bonds. The number of hydrogen-bond donors (Lipinski definition) is 1. The lowest BCUT2D eigenvalue weighted by Crippen LogP contribution is -2.03. The maximum atomic E-state index is 12.6. The van der Waals surface area contributed by atoms with E-state index in [2.05, 4.69) is 0 Å². The van der Waals surface area contributed by atoms with E-state index in [0.717, 1.165) is 28.5 Å². The zero-order valence-electron chi connectivity index (χ0n) is 10.9. The van der Waals surface area contributed by atoms with Gasteiger partial charge in [-0.2, -0.15) is 13.2 Å². The van der Waals surface area contributed by atoms with E-state index in [1.165, 1.54) is 12.1 Å². The topological polar surface area (TPSA) is 20.2 Å². The normalized spacial score (nSPS) is 11.8. The Kier molecular flexibility index (Phi) is 3.09. The van der Waals surface area contributed by atoms with Crippen molar-refractivity contribution in [1.29, 1.82) is 0 Å². The molecule has 3 rings (SSSR count). The van der Waals surface area contributed by atoms with E-state index < -0.39 is 11.7 Å². The summed E-state index contributed by atoms with van der Waals surface area (Å²) < 4.78 is 37.8. The van der Waals surface area contributed by atoms with Gasteiger partial charge >= 0.3 is 6.18 Å². The van der Waals surface area contributed by atoms with Crippen LogP contribution in [0.1, 0.15) is 5.56 Å². The number of fused-ring (bicyclic) bond motifs is 1. The first-order chi connectivity index (χ1) is 9.95. The molecule has 0 aliphatic carbocycles. The van der Waals surface area contributed by atoms with E-state index in [1.807, 2.05) is 18.2 Å². The van der Waals surface area contributed by atoms with Gasteiger partial charge in [0.1, 0.15) is 5.75 Å². The Hall–Kier alpha value is -2.49. The summed E-state index contributed by atoms with van der Waals surface area (Å²) in [5, 5.41) is 11.2. The van der Waals surface area contributed by atoms with Gasteiger partial charge in [-0.15, -0.1) is 0 Å². The summed E-state index contributed by atoms with van der Waals surface area (Å²) in [6.07, 6.45) is -4.33. The third-order valence-corrected chi connectivity index (χ3v) is 3.39. The van der Waals surface area contributed by atoms with Gasteiger partial charge in [0, 0.05) is 0 Å². The van der Waals surface area contributed by atoms with Crippen molar-refractivity contribution in [3.05, 3.63) is 66.2 Å². The van der Waals surface area contributed by atoms with Crippen LogP contribution in [0.15, 0.2) is 60.7 Å². The fourth-order valence-corrected chi connectivity index (χ4v) is 2.36. The lowest BCUT2D eigenvalue weighted by molar-refractivity contribution is -0.137. The van der Waals surface area contributed by atoms with Crippen LogP contribution >= 0.6 is 0 Å². The van der Waals surface area contributed by atoms with Crippen molar-refractivity contribution in [2.75, 3.05) is 0 Å². The smallest absolute Gasteiger partial charge is 0.416 e. The van der Waals surface area contributed by atoms with Gasteiger partial charge in [-0.1, -0.05) is 36.4 Å². The zero-order valence-corrected chi connectivity index (χ0v) is 10.9. The number of phenolic OH excluding ortho intramolecular Hbond substituents is 1. The fourth-order valence-electron chi connectivity index (χ4n) is 2.36. The summed E-state index contributed by atoms with van der Waals surface area (Å²) in [6.45, 7) is 0. The molecule has 4 heteroatoms. The average Bonchev–Trinajstić information content (AvgIpc) is 2.45. The van der Waals surface area contributed by atoms with E-state index in [4.69, 9.17) is 0 Å². The monoisotopic (exact) mass is 288 g/mol.